The standard InChI is InChI=1S/C30H48N2O6S/c1-4-5-6-7-8-9-10-11-12-26-27(38-30(2,3)37-26)16-15-25(36-29(39)32-20-19-31-21-32)23-14-13-22(34-23)24-17-18-28(33)35-24/h19-27H,4-18H2,1-3H3/t22-,23-,24-,25+,26+,27-/m1/s1. The number of nitrogens with zero attached hydrogens (tertiary/aromatic N) is 2. The van der Waals surface area contributed by atoms with E-state index in [-0.39, 0.29) is 42.6 Å². The molecule has 0 saturated carbocycles. The van der Waals surface area contributed by atoms with E-state index in [0.29, 0.717) is 11.6 Å². The first kappa shape index (κ1) is 30.4. The number of unbranched alkanes of at least 4 members (excludes halogenated alkanes) is 7. The van der Waals surface area contributed by atoms with Crippen LogP contribution < -0.4 is 0 Å². The number of hydrogen-bond donors (Lipinski definition) is 0. The van der Waals surface area contributed by atoms with Crippen molar-refractivity contribution in [3.63, 3.8) is 0 Å². The lowest BCUT2D eigenvalue weighted by atomic mass is 9.97. The summed E-state index contributed by atoms with van der Waals surface area (Å²) in [5, 5.41) is 0.358. The van der Waals surface area contributed by atoms with Gasteiger partial charge in [0.05, 0.1) is 24.4 Å². The fourth-order valence-corrected chi connectivity index (χ4v) is 6.36. The van der Waals surface area contributed by atoms with Gasteiger partial charge in [-0.1, -0.05) is 58.3 Å². The number of rotatable bonds is 15. The Hall–Kier alpha value is -1.55. The quantitative estimate of drug-likeness (QED) is 0.136. The van der Waals surface area contributed by atoms with E-state index >= 15 is 0 Å². The van der Waals surface area contributed by atoms with Crippen molar-refractivity contribution in [1.82, 2.24) is 9.55 Å². The minimum absolute atomic E-state index is 0.00505. The number of aromatic nitrogens is 2. The second-order valence-corrected chi connectivity index (χ2v) is 12.2. The molecule has 0 aromatic carbocycles. The van der Waals surface area contributed by atoms with Gasteiger partial charge in [-0.2, -0.15) is 0 Å². The lowest BCUT2D eigenvalue weighted by Crippen LogP contribution is -2.36. The summed E-state index contributed by atoms with van der Waals surface area (Å²) in [6, 6.07) is 0. The van der Waals surface area contributed by atoms with Crippen LogP contribution >= 0.6 is 12.2 Å². The summed E-state index contributed by atoms with van der Waals surface area (Å²) in [6.07, 6.45) is 20.4. The first-order chi connectivity index (χ1) is 18.8. The third-order valence-corrected chi connectivity index (χ3v) is 8.47. The van der Waals surface area contributed by atoms with Gasteiger partial charge in [0.25, 0.3) is 5.17 Å². The lowest BCUT2D eigenvalue weighted by molar-refractivity contribution is -0.150. The molecule has 0 radical (unpaired) electrons. The maximum atomic E-state index is 11.6. The van der Waals surface area contributed by atoms with Gasteiger partial charge in [0.1, 0.15) is 18.5 Å². The highest BCUT2D eigenvalue weighted by Gasteiger charge is 2.43. The van der Waals surface area contributed by atoms with Crippen molar-refractivity contribution in [3.8, 4) is 0 Å². The average molecular weight is 565 g/mol. The number of hydrogen-bond acceptors (Lipinski definition) is 8. The van der Waals surface area contributed by atoms with Gasteiger partial charge in [-0.15, -0.1) is 0 Å². The zero-order valence-electron chi connectivity index (χ0n) is 24.1. The van der Waals surface area contributed by atoms with Crippen molar-refractivity contribution >= 4 is 23.4 Å². The molecule has 3 saturated heterocycles. The molecule has 6 atom stereocenters. The molecule has 8 nitrogen and oxygen atoms in total. The van der Waals surface area contributed by atoms with E-state index in [9.17, 15) is 4.79 Å². The maximum absolute atomic E-state index is 11.6. The molecule has 4 rings (SSSR count). The number of carbonyl (C=O) groups is 1. The second-order valence-electron chi connectivity index (χ2n) is 11.8. The number of esters is 1. The van der Waals surface area contributed by atoms with Crippen LogP contribution in [0.3, 0.4) is 0 Å². The minimum atomic E-state index is -0.584. The van der Waals surface area contributed by atoms with Gasteiger partial charge in [-0.05, 0) is 64.6 Å². The molecule has 9 heteroatoms. The normalized spacial score (nSPS) is 29.0. The summed E-state index contributed by atoms with van der Waals surface area (Å²) >= 11 is 5.58. The first-order valence-electron chi connectivity index (χ1n) is 15.2. The van der Waals surface area contributed by atoms with Crippen LogP contribution in [0.25, 0.3) is 0 Å². The summed E-state index contributed by atoms with van der Waals surface area (Å²) in [7, 11) is 0. The molecule has 1 aromatic heterocycles. The predicted molar refractivity (Wildman–Crippen MR) is 152 cm³/mol. The molecule has 0 N–H and O–H groups in total. The first-order valence-corrected chi connectivity index (χ1v) is 15.6. The molecule has 1 aromatic rings. The SMILES string of the molecule is CCCCCCCCCC[C@@H]1OC(C)(C)O[C@@H]1CC[C@H](OC(=S)n1ccnc1)[C@H]1CC[C@H]([C@H]2CCC(=O)O2)O1. The van der Waals surface area contributed by atoms with Crippen molar-refractivity contribution in [2.45, 2.75) is 159 Å². The summed E-state index contributed by atoms with van der Waals surface area (Å²) < 4.78 is 32.7. The molecule has 220 valence electrons. The highest BCUT2D eigenvalue weighted by Crippen LogP contribution is 2.36. The van der Waals surface area contributed by atoms with Gasteiger partial charge in [-0.3, -0.25) is 9.36 Å². The van der Waals surface area contributed by atoms with Crippen molar-refractivity contribution in [2.24, 2.45) is 0 Å². The van der Waals surface area contributed by atoms with E-state index in [1.165, 1.54) is 44.9 Å². The third kappa shape index (κ3) is 9.23. The van der Waals surface area contributed by atoms with E-state index in [1.54, 1.807) is 23.3 Å². The van der Waals surface area contributed by atoms with E-state index in [1.807, 2.05) is 13.8 Å². The molecule has 39 heavy (non-hydrogen) atoms. The number of carbonyl (C=O) groups excluding carboxylic acids is 1. The Kier molecular flexibility index (Phi) is 11.6. The van der Waals surface area contributed by atoms with E-state index in [4.69, 9.17) is 35.9 Å². The fourth-order valence-electron chi connectivity index (χ4n) is 6.13. The van der Waals surface area contributed by atoms with Crippen molar-refractivity contribution in [1.29, 1.82) is 0 Å². The zero-order chi connectivity index (χ0) is 27.7. The lowest BCUT2D eigenvalue weighted by Gasteiger charge is -2.28. The highest BCUT2D eigenvalue weighted by atomic mass is 32.1. The van der Waals surface area contributed by atoms with Crippen LogP contribution in [0.15, 0.2) is 18.7 Å². The number of cyclic esters (lactones) is 1. The molecule has 0 unspecified atom stereocenters. The molecule has 4 heterocycles. The van der Waals surface area contributed by atoms with Crippen LogP contribution in [-0.2, 0) is 28.5 Å². The molecule has 0 amide bonds. The molecule has 3 fully saturated rings. The molecule has 0 aliphatic carbocycles. The Balaban J connectivity index is 1.30. The van der Waals surface area contributed by atoms with E-state index < -0.39 is 5.79 Å². The Bertz CT molecular complexity index is 894. The molecular formula is C30H48N2O6S. The van der Waals surface area contributed by atoms with Crippen LogP contribution in [0.1, 0.15) is 117 Å². The summed E-state index contributed by atoms with van der Waals surface area (Å²) in [5.74, 6) is -0.719. The summed E-state index contributed by atoms with van der Waals surface area (Å²) in [6.45, 7) is 6.27. The van der Waals surface area contributed by atoms with Crippen LogP contribution in [0.5, 0.6) is 0 Å². The molecule has 0 bridgehead atoms. The zero-order valence-corrected chi connectivity index (χ0v) is 24.9. The van der Waals surface area contributed by atoms with Gasteiger partial charge in [0, 0.05) is 18.8 Å². The third-order valence-electron chi connectivity index (χ3n) is 8.16. The van der Waals surface area contributed by atoms with E-state index in [2.05, 4.69) is 11.9 Å². The van der Waals surface area contributed by atoms with Gasteiger partial charge in [0.2, 0.25) is 0 Å². The van der Waals surface area contributed by atoms with Crippen LogP contribution in [0, 0.1) is 0 Å². The number of ether oxygens (including phenoxy) is 5. The molecule has 0 spiro atoms. The van der Waals surface area contributed by atoms with Gasteiger partial charge < -0.3 is 23.7 Å². The van der Waals surface area contributed by atoms with Gasteiger partial charge in [0.15, 0.2) is 5.79 Å². The van der Waals surface area contributed by atoms with Crippen LogP contribution in [-0.4, -0.2) is 63.1 Å². The van der Waals surface area contributed by atoms with Gasteiger partial charge in [-0.25, -0.2) is 4.98 Å². The Morgan fingerprint density at radius 1 is 1.05 bits per heavy atom. The van der Waals surface area contributed by atoms with Crippen molar-refractivity contribution in [2.75, 3.05) is 0 Å². The topological polar surface area (TPSA) is 81.0 Å². The van der Waals surface area contributed by atoms with Crippen LogP contribution in [0.4, 0.5) is 0 Å². The van der Waals surface area contributed by atoms with E-state index in [0.717, 1.165) is 44.9 Å². The maximum Gasteiger partial charge on any atom is 0.306 e. The largest absolute Gasteiger partial charge is 0.464 e. The Morgan fingerprint density at radius 2 is 1.77 bits per heavy atom. The Labute approximate surface area is 239 Å². The highest BCUT2D eigenvalue weighted by molar-refractivity contribution is 7.80. The minimum Gasteiger partial charge on any atom is -0.464 e. The van der Waals surface area contributed by atoms with Gasteiger partial charge >= 0.3 is 5.97 Å². The molecule has 3 aliphatic rings. The average Bonchev–Trinajstić information content (AvgIpc) is 3.70. The van der Waals surface area contributed by atoms with Crippen LogP contribution in [0.2, 0.25) is 0 Å². The smallest absolute Gasteiger partial charge is 0.306 e. The fraction of sp³-hybridized carbons (Fsp3) is 0.833. The number of imidazole rings is 1. The van der Waals surface area contributed by atoms with Crippen molar-refractivity contribution < 1.29 is 28.5 Å². The predicted octanol–water partition coefficient (Wildman–Crippen LogP) is 6.49. The summed E-state index contributed by atoms with van der Waals surface area (Å²) in [5.41, 5.74) is 0. The van der Waals surface area contributed by atoms with Crippen molar-refractivity contribution in [3.05, 3.63) is 18.7 Å². The molecular weight excluding hydrogens is 516 g/mol. The Morgan fingerprint density at radius 3 is 2.44 bits per heavy atom. The monoisotopic (exact) mass is 564 g/mol. The summed E-state index contributed by atoms with van der Waals surface area (Å²) in [4.78, 5) is 15.7. The molecule has 3 aliphatic heterocycles. The second kappa shape index (κ2) is 14.9. The number of thiocarbonyl (C=S) groups is 1.